The number of carboxylic acids is 1. The molecule has 0 spiro atoms. The zero-order valence-corrected chi connectivity index (χ0v) is 12.1. The first-order chi connectivity index (χ1) is 10.4. The lowest BCUT2D eigenvalue weighted by atomic mass is 9.93. The lowest BCUT2D eigenvalue weighted by molar-refractivity contribution is -0.386. The maximum Gasteiger partial charge on any atom is 0.312 e. The monoisotopic (exact) mass is 305 g/mol. The maximum absolute atomic E-state index is 11.5. The number of hydrogen-bond acceptors (Lipinski definition) is 5. The minimum atomic E-state index is -1.08. The number of H-pyrrole nitrogens is 1. The zero-order chi connectivity index (χ0) is 16.3. The molecule has 0 aliphatic heterocycles. The van der Waals surface area contributed by atoms with Gasteiger partial charge in [0, 0.05) is 6.42 Å². The van der Waals surface area contributed by atoms with Crippen LogP contribution in [0.5, 0.6) is 5.75 Å². The van der Waals surface area contributed by atoms with Crippen molar-refractivity contribution < 1.29 is 19.6 Å². The van der Waals surface area contributed by atoms with Gasteiger partial charge in [0.15, 0.2) is 0 Å². The molecule has 1 aromatic heterocycles. The number of hydrogen-bond donors (Lipinski definition) is 2. The Morgan fingerprint density at radius 3 is 2.86 bits per heavy atom. The molecule has 22 heavy (non-hydrogen) atoms. The molecule has 0 amide bonds. The largest absolute Gasteiger partial charge is 0.497 e. The van der Waals surface area contributed by atoms with Gasteiger partial charge in [-0.3, -0.25) is 20.0 Å². The molecule has 1 aromatic carbocycles. The summed E-state index contributed by atoms with van der Waals surface area (Å²) in [5, 5.41) is 26.9. The third kappa shape index (κ3) is 3.05. The normalized spacial score (nSPS) is 11.9. The van der Waals surface area contributed by atoms with Crippen LogP contribution in [-0.2, 0) is 11.2 Å². The first-order valence-corrected chi connectivity index (χ1v) is 6.49. The van der Waals surface area contributed by atoms with Crippen LogP contribution in [0.25, 0.3) is 0 Å². The Balaban J connectivity index is 2.38. The highest BCUT2D eigenvalue weighted by Crippen LogP contribution is 2.29. The van der Waals surface area contributed by atoms with Crippen LogP contribution < -0.4 is 4.74 Å². The predicted molar refractivity (Wildman–Crippen MR) is 77.1 cm³/mol. The number of nitrogens with zero attached hydrogens (tertiary/aromatic N) is 2. The number of aromatic amines is 1. The van der Waals surface area contributed by atoms with E-state index < -0.39 is 16.8 Å². The fourth-order valence-electron chi connectivity index (χ4n) is 2.26. The van der Waals surface area contributed by atoms with Crippen molar-refractivity contribution in [1.82, 2.24) is 10.2 Å². The van der Waals surface area contributed by atoms with E-state index in [1.165, 1.54) is 14.0 Å². The van der Waals surface area contributed by atoms with E-state index in [9.17, 15) is 20.0 Å². The van der Waals surface area contributed by atoms with Crippen LogP contribution in [-0.4, -0.2) is 33.3 Å². The number of methoxy groups -OCH3 is 1. The Labute approximate surface area is 125 Å². The molecule has 2 rings (SSSR count). The Morgan fingerprint density at radius 1 is 1.55 bits per heavy atom. The third-order valence-corrected chi connectivity index (χ3v) is 3.36. The number of aliphatic carboxylic acids is 1. The number of aryl methyl sites for hydroxylation is 1. The summed E-state index contributed by atoms with van der Waals surface area (Å²) in [5.41, 5.74) is 0.753. The standard InChI is InChI=1S/C14H15N3O5/c1-8-13(17(20)21)12(16-15-8)7-11(14(18)19)9-4-3-5-10(6-9)22-2/h3-6,11H,7H2,1-2H3,(H,15,16)(H,18,19). The lowest BCUT2D eigenvalue weighted by Crippen LogP contribution is -2.15. The van der Waals surface area contributed by atoms with E-state index >= 15 is 0 Å². The molecule has 0 aliphatic carbocycles. The van der Waals surface area contributed by atoms with Gasteiger partial charge in [0.2, 0.25) is 0 Å². The zero-order valence-electron chi connectivity index (χ0n) is 12.1. The molecule has 2 aromatic rings. The number of carbonyl (C=O) groups is 1. The number of nitro groups is 1. The van der Waals surface area contributed by atoms with Gasteiger partial charge in [-0.2, -0.15) is 5.10 Å². The Morgan fingerprint density at radius 2 is 2.27 bits per heavy atom. The van der Waals surface area contributed by atoms with Crippen molar-refractivity contribution in [3.05, 3.63) is 51.3 Å². The second-order valence-corrected chi connectivity index (χ2v) is 4.77. The number of ether oxygens (including phenoxy) is 1. The van der Waals surface area contributed by atoms with Crippen LogP contribution in [0.1, 0.15) is 22.9 Å². The molecule has 0 saturated carbocycles. The smallest absolute Gasteiger partial charge is 0.312 e. The number of carboxylic acid groups (broad SMARTS) is 1. The predicted octanol–water partition coefficient (Wildman–Crippen LogP) is 2.05. The molecule has 2 N–H and O–H groups in total. The summed E-state index contributed by atoms with van der Waals surface area (Å²) in [6.45, 7) is 1.52. The van der Waals surface area contributed by atoms with E-state index in [0.29, 0.717) is 17.0 Å². The maximum atomic E-state index is 11.5. The quantitative estimate of drug-likeness (QED) is 0.622. The van der Waals surface area contributed by atoms with E-state index in [1.54, 1.807) is 24.3 Å². The number of aromatic nitrogens is 2. The van der Waals surface area contributed by atoms with E-state index in [4.69, 9.17) is 4.74 Å². The molecular formula is C14H15N3O5. The highest BCUT2D eigenvalue weighted by atomic mass is 16.6. The van der Waals surface area contributed by atoms with Crippen LogP contribution in [0, 0.1) is 17.0 Å². The first-order valence-electron chi connectivity index (χ1n) is 6.49. The van der Waals surface area contributed by atoms with Crippen LogP contribution in [0.4, 0.5) is 5.69 Å². The topological polar surface area (TPSA) is 118 Å². The number of rotatable bonds is 6. The average molecular weight is 305 g/mol. The van der Waals surface area contributed by atoms with Crippen LogP contribution >= 0.6 is 0 Å². The van der Waals surface area contributed by atoms with E-state index in [1.807, 2.05) is 0 Å². The van der Waals surface area contributed by atoms with Gasteiger partial charge in [0.1, 0.15) is 17.1 Å². The number of benzene rings is 1. The summed E-state index contributed by atoms with van der Waals surface area (Å²) in [4.78, 5) is 22.1. The molecule has 8 heteroatoms. The van der Waals surface area contributed by atoms with Crippen LogP contribution in [0.2, 0.25) is 0 Å². The van der Waals surface area contributed by atoms with E-state index in [-0.39, 0.29) is 17.8 Å². The van der Waals surface area contributed by atoms with Crippen molar-refractivity contribution in [3.63, 3.8) is 0 Å². The Kier molecular flexibility index (Phi) is 4.40. The van der Waals surface area contributed by atoms with Crippen LogP contribution in [0.15, 0.2) is 24.3 Å². The molecule has 1 heterocycles. The SMILES string of the molecule is COc1cccc(C(Cc2n[nH]c(C)c2[N+](=O)[O-])C(=O)O)c1. The second-order valence-electron chi connectivity index (χ2n) is 4.77. The molecule has 0 aliphatic rings. The summed E-state index contributed by atoms with van der Waals surface area (Å²) in [6, 6.07) is 6.62. The van der Waals surface area contributed by atoms with Gasteiger partial charge >= 0.3 is 11.7 Å². The number of nitrogens with one attached hydrogen (secondary N) is 1. The Hall–Kier alpha value is -2.90. The minimum absolute atomic E-state index is 0.0802. The average Bonchev–Trinajstić information content (AvgIpc) is 2.85. The molecule has 0 bridgehead atoms. The molecular weight excluding hydrogens is 290 g/mol. The van der Waals surface area contributed by atoms with Gasteiger partial charge in [-0.1, -0.05) is 12.1 Å². The van der Waals surface area contributed by atoms with E-state index in [2.05, 4.69) is 10.2 Å². The van der Waals surface area contributed by atoms with Gasteiger partial charge in [-0.05, 0) is 24.6 Å². The van der Waals surface area contributed by atoms with Gasteiger partial charge in [-0.15, -0.1) is 0 Å². The third-order valence-electron chi connectivity index (χ3n) is 3.36. The van der Waals surface area contributed by atoms with E-state index in [0.717, 1.165) is 0 Å². The molecule has 116 valence electrons. The highest BCUT2D eigenvalue weighted by molar-refractivity contribution is 5.77. The van der Waals surface area contributed by atoms with Gasteiger partial charge in [-0.25, -0.2) is 0 Å². The van der Waals surface area contributed by atoms with Gasteiger partial charge < -0.3 is 9.84 Å². The molecule has 0 radical (unpaired) electrons. The van der Waals surface area contributed by atoms with Gasteiger partial charge in [0.05, 0.1) is 18.0 Å². The highest BCUT2D eigenvalue weighted by Gasteiger charge is 2.28. The molecule has 8 nitrogen and oxygen atoms in total. The van der Waals surface area contributed by atoms with Gasteiger partial charge in [0.25, 0.3) is 0 Å². The van der Waals surface area contributed by atoms with Crippen molar-refractivity contribution >= 4 is 11.7 Å². The lowest BCUT2D eigenvalue weighted by Gasteiger charge is -2.12. The van der Waals surface area contributed by atoms with Crippen molar-refractivity contribution in [2.45, 2.75) is 19.3 Å². The summed E-state index contributed by atoms with van der Waals surface area (Å²) < 4.78 is 5.08. The van der Waals surface area contributed by atoms with Crippen molar-refractivity contribution in [1.29, 1.82) is 0 Å². The molecule has 0 fully saturated rings. The fourth-order valence-corrected chi connectivity index (χ4v) is 2.26. The second kappa shape index (κ2) is 6.25. The molecule has 0 saturated heterocycles. The summed E-state index contributed by atoms with van der Waals surface area (Å²) in [5.74, 6) is -1.50. The fraction of sp³-hybridized carbons (Fsp3) is 0.286. The molecule has 1 atom stereocenters. The Bertz CT molecular complexity index is 710. The summed E-state index contributed by atoms with van der Waals surface area (Å²) in [6.07, 6.45) is -0.0802. The minimum Gasteiger partial charge on any atom is -0.497 e. The summed E-state index contributed by atoms with van der Waals surface area (Å²) in [7, 11) is 1.48. The first kappa shape index (κ1) is 15.5. The van der Waals surface area contributed by atoms with Crippen molar-refractivity contribution in [3.8, 4) is 5.75 Å². The van der Waals surface area contributed by atoms with Crippen molar-refractivity contribution in [2.24, 2.45) is 0 Å². The van der Waals surface area contributed by atoms with Crippen molar-refractivity contribution in [2.75, 3.05) is 7.11 Å². The molecule has 1 unspecified atom stereocenters. The van der Waals surface area contributed by atoms with Crippen LogP contribution in [0.3, 0.4) is 0 Å². The summed E-state index contributed by atoms with van der Waals surface area (Å²) >= 11 is 0.